The molecule has 1 aliphatic heterocycles. The van der Waals surface area contributed by atoms with Crippen LogP contribution in [0.15, 0.2) is 24.3 Å². The number of nitrogens with zero attached hydrogens (tertiary/aromatic N) is 1. The molecule has 1 saturated heterocycles. The molecule has 2 fully saturated rings. The number of fused-ring (bicyclic) bond motifs is 1. The lowest BCUT2D eigenvalue weighted by molar-refractivity contribution is -0.122. The molecule has 1 heterocycles. The topological polar surface area (TPSA) is 49.4 Å². The van der Waals surface area contributed by atoms with E-state index < -0.39 is 0 Å². The van der Waals surface area contributed by atoms with Gasteiger partial charge in [0.05, 0.1) is 17.5 Å². The summed E-state index contributed by atoms with van der Waals surface area (Å²) in [5.74, 6) is -0.149. The van der Waals surface area contributed by atoms with Gasteiger partial charge in [-0.15, -0.1) is 0 Å². The minimum atomic E-state index is -0.0690. The summed E-state index contributed by atoms with van der Waals surface area (Å²) in [5, 5.41) is 3.08. The Hall–Kier alpha value is -1.68. The predicted octanol–water partition coefficient (Wildman–Crippen LogP) is 1.70. The number of hydrogen-bond acceptors (Lipinski definition) is 3. The van der Waals surface area contributed by atoms with Gasteiger partial charge in [-0.05, 0) is 37.6 Å². The SMILES string of the molecule is CNCc1cccc(N2C(=O)C3CCCC3C2=O)c1. The van der Waals surface area contributed by atoms with Crippen LogP contribution in [0.25, 0.3) is 0 Å². The van der Waals surface area contributed by atoms with Crippen molar-refractivity contribution in [3.8, 4) is 0 Å². The molecule has 1 aromatic rings. The molecule has 2 unspecified atom stereocenters. The summed E-state index contributed by atoms with van der Waals surface area (Å²) < 4.78 is 0. The summed E-state index contributed by atoms with van der Waals surface area (Å²) >= 11 is 0. The molecule has 19 heavy (non-hydrogen) atoms. The molecule has 1 aromatic carbocycles. The summed E-state index contributed by atoms with van der Waals surface area (Å²) in [6, 6.07) is 7.66. The Morgan fingerprint density at radius 3 is 2.53 bits per heavy atom. The van der Waals surface area contributed by atoms with Gasteiger partial charge in [0.2, 0.25) is 11.8 Å². The Morgan fingerprint density at radius 2 is 1.89 bits per heavy atom. The third-order valence-electron chi connectivity index (χ3n) is 4.14. The second-order valence-electron chi connectivity index (χ2n) is 5.36. The lowest BCUT2D eigenvalue weighted by Crippen LogP contribution is -2.31. The van der Waals surface area contributed by atoms with Crippen molar-refractivity contribution < 1.29 is 9.59 Å². The van der Waals surface area contributed by atoms with E-state index in [2.05, 4.69) is 5.32 Å². The first-order valence-corrected chi connectivity index (χ1v) is 6.83. The number of imide groups is 1. The van der Waals surface area contributed by atoms with Crippen molar-refractivity contribution in [2.24, 2.45) is 11.8 Å². The summed E-state index contributed by atoms with van der Waals surface area (Å²) in [7, 11) is 1.88. The molecular formula is C15H18N2O2. The second-order valence-corrected chi connectivity index (χ2v) is 5.36. The highest BCUT2D eigenvalue weighted by molar-refractivity contribution is 6.22. The molecule has 2 aliphatic rings. The number of anilines is 1. The van der Waals surface area contributed by atoms with Crippen molar-refractivity contribution in [1.29, 1.82) is 0 Å². The van der Waals surface area contributed by atoms with Gasteiger partial charge in [0.15, 0.2) is 0 Å². The molecule has 0 aromatic heterocycles. The Bertz CT molecular complexity index is 505. The van der Waals surface area contributed by atoms with Crippen molar-refractivity contribution in [2.45, 2.75) is 25.8 Å². The molecule has 2 atom stereocenters. The van der Waals surface area contributed by atoms with Gasteiger partial charge in [0.25, 0.3) is 0 Å². The number of hydrogen-bond donors (Lipinski definition) is 1. The van der Waals surface area contributed by atoms with E-state index in [1.54, 1.807) is 0 Å². The van der Waals surface area contributed by atoms with E-state index in [9.17, 15) is 9.59 Å². The Morgan fingerprint density at radius 1 is 1.21 bits per heavy atom. The first kappa shape index (κ1) is 12.4. The highest BCUT2D eigenvalue weighted by atomic mass is 16.2. The average molecular weight is 258 g/mol. The molecule has 1 N–H and O–H groups in total. The van der Waals surface area contributed by atoms with Crippen LogP contribution in [0.4, 0.5) is 5.69 Å². The zero-order chi connectivity index (χ0) is 13.4. The third-order valence-corrected chi connectivity index (χ3v) is 4.14. The van der Waals surface area contributed by atoms with Gasteiger partial charge in [-0.3, -0.25) is 14.5 Å². The number of rotatable bonds is 3. The Balaban J connectivity index is 1.92. The molecule has 0 radical (unpaired) electrons. The highest BCUT2D eigenvalue weighted by Gasteiger charge is 2.50. The van der Waals surface area contributed by atoms with Gasteiger partial charge in [-0.2, -0.15) is 0 Å². The molecule has 3 rings (SSSR count). The minimum Gasteiger partial charge on any atom is -0.316 e. The van der Waals surface area contributed by atoms with E-state index in [1.807, 2.05) is 31.3 Å². The maximum atomic E-state index is 12.4. The quantitative estimate of drug-likeness (QED) is 0.839. The Labute approximate surface area is 112 Å². The fraction of sp³-hybridized carbons (Fsp3) is 0.467. The monoisotopic (exact) mass is 258 g/mol. The fourth-order valence-corrected chi connectivity index (χ4v) is 3.26. The third kappa shape index (κ3) is 1.96. The number of nitrogens with one attached hydrogen (secondary N) is 1. The minimum absolute atomic E-state index is 0.00546. The normalized spacial score (nSPS) is 26.1. The van der Waals surface area contributed by atoms with Crippen molar-refractivity contribution in [1.82, 2.24) is 5.32 Å². The van der Waals surface area contributed by atoms with Crippen molar-refractivity contribution >= 4 is 17.5 Å². The summed E-state index contributed by atoms with van der Waals surface area (Å²) in [6.45, 7) is 0.733. The van der Waals surface area contributed by atoms with Crippen molar-refractivity contribution in [3.63, 3.8) is 0 Å². The van der Waals surface area contributed by atoms with Crippen molar-refractivity contribution in [2.75, 3.05) is 11.9 Å². The van der Waals surface area contributed by atoms with Gasteiger partial charge in [0.1, 0.15) is 0 Å². The van der Waals surface area contributed by atoms with E-state index in [-0.39, 0.29) is 23.7 Å². The maximum absolute atomic E-state index is 12.4. The first-order valence-electron chi connectivity index (χ1n) is 6.83. The van der Waals surface area contributed by atoms with Crippen LogP contribution in [0, 0.1) is 11.8 Å². The van der Waals surface area contributed by atoms with Gasteiger partial charge in [-0.1, -0.05) is 18.6 Å². The molecular weight excluding hydrogens is 240 g/mol. The zero-order valence-electron chi connectivity index (χ0n) is 11.1. The van der Waals surface area contributed by atoms with E-state index in [0.29, 0.717) is 0 Å². The van der Waals surface area contributed by atoms with Crippen molar-refractivity contribution in [3.05, 3.63) is 29.8 Å². The molecule has 0 bridgehead atoms. The predicted molar refractivity (Wildman–Crippen MR) is 72.5 cm³/mol. The van der Waals surface area contributed by atoms with Gasteiger partial charge < -0.3 is 5.32 Å². The standard InChI is InChI=1S/C15H18N2O2/c1-16-9-10-4-2-5-11(8-10)17-14(18)12-6-3-7-13(12)15(17)19/h2,4-5,8,12-13,16H,3,6-7,9H2,1H3. The summed E-state index contributed by atoms with van der Waals surface area (Å²) in [5.41, 5.74) is 1.80. The Kier molecular flexibility index (Phi) is 3.11. The van der Waals surface area contributed by atoms with Gasteiger partial charge in [0, 0.05) is 6.54 Å². The van der Waals surface area contributed by atoms with E-state index in [1.165, 1.54) is 4.90 Å². The molecule has 2 amide bonds. The number of carbonyl (C=O) groups excluding carboxylic acids is 2. The van der Waals surface area contributed by atoms with Crippen LogP contribution >= 0.6 is 0 Å². The van der Waals surface area contributed by atoms with Crippen LogP contribution < -0.4 is 10.2 Å². The second kappa shape index (κ2) is 4.78. The first-order chi connectivity index (χ1) is 9.22. The van der Waals surface area contributed by atoms with Crippen LogP contribution in [0.3, 0.4) is 0 Å². The van der Waals surface area contributed by atoms with E-state index in [4.69, 9.17) is 0 Å². The molecule has 0 spiro atoms. The number of amides is 2. The smallest absolute Gasteiger partial charge is 0.237 e. The molecule has 1 saturated carbocycles. The summed E-state index contributed by atoms with van der Waals surface area (Å²) in [6.07, 6.45) is 2.73. The fourth-order valence-electron chi connectivity index (χ4n) is 3.26. The highest BCUT2D eigenvalue weighted by Crippen LogP contribution is 2.41. The van der Waals surface area contributed by atoms with Crippen LogP contribution in [0.1, 0.15) is 24.8 Å². The zero-order valence-corrected chi connectivity index (χ0v) is 11.1. The van der Waals surface area contributed by atoms with E-state index in [0.717, 1.165) is 37.1 Å². The average Bonchev–Trinajstić information content (AvgIpc) is 2.96. The summed E-state index contributed by atoms with van der Waals surface area (Å²) in [4.78, 5) is 26.1. The largest absolute Gasteiger partial charge is 0.316 e. The maximum Gasteiger partial charge on any atom is 0.237 e. The lowest BCUT2D eigenvalue weighted by atomic mass is 10.00. The molecule has 4 heteroatoms. The molecule has 100 valence electrons. The molecule has 1 aliphatic carbocycles. The van der Waals surface area contributed by atoms with Crippen LogP contribution in [0.5, 0.6) is 0 Å². The lowest BCUT2D eigenvalue weighted by Gasteiger charge is -2.16. The number of benzene rings is 1. The molecule has 4 nitrogen and oxygen atoms in total. The van der Waals surface area contributed by atoms with Gasteiger partial charge >= 0.3 is 0 Å². The van der Waals surface area contributed by atoms with Crippen LogP contribution in [-0.4, -0.2) is 18.9 Å². The van der Waals surface area contributed by atoms with E-state index >= 15 is 0 Å². The van der Waals surface area contributed by atoms with Crippen LogP contribution in [0.2, 0.25) is 0 Å². The number of carbonyl (C=O) groups is 2. The van der Waals surface area contributed by atoms with Crippen LogP contribution in [-0.2, 0) is 16.1 Å². The van der Waals surface area contributed by atoms with Gasteiger partial charge in [-0.25, -0.2) is 0 Å².